The molecule has 0 bridgehead atoms. The van der Waals surface area contributed by atoms with E-state index in [9.17, 15) is 13.6 Å². The van der Waals surface area contributed by atoms with Gasteiger partial charge in [0.05, 0.1) is 6.20 Å². The van der Waals surface area contributed by atoms with Crippen molar-refractivity contribution in [2.24, 2.45) is 0 Å². The van der Waals surface area contributed by atoms with Crippen LogP contribution in [0.25, 0.3) is 17.3 Å². The molecule has 0 aliphatic carbocycles. The van der Waals surface area contributed by atoms with Gasteiger partial charge in [0.25, 0.3) is 5.91 Å². The highest BCUT2D eigenvalue weighted by Crippen LogP contribution is 2.44. The van der Waals surface area contributed by atoms with Gasteiger partial charge in [-0.05, 0) is 37.8 Å². The first-order chi connectivity index (χ1) is 14.9. The third kappa shape index (κ3) is 2.90. The van der Waals surface area contributed by atoms with Crippen molar-refractivity contribution in [2.45, 2.75) is 38.1 Å². The molecule has 0 spiro atoms. The Morgan fingerprint density at radius 1 is 1.13 bits per heavy atom. The van der Waals surface area contributed by atoms with E-state index in [0.29, 0.717) is 29.7 Å². The van der Waals surface area contributed by atoms with Gasteiger partial charge >= 0.3 is 0 Å². The van der Waals surface area contributed by atoms with Gasteiger partial charge < -0.3 is 9.80 Å². The van der Waals surface area contributed by atoms with Crippen LogP contribution in [0.15, 0.2) is 36.8 Å². The quantitative estimate of drug-likeness (QED) is 0.641. The minimum Gasteiger partial charge on any atom is -0.340 e. The second-order valence-corrected chi connectivity index (χ2v) is 8.02. The molecule has 5 rings (SSSR count). The molecular weight excluding hydrogens is 402 g/mol. The van der Waals surface area contributed by atoms with Gasteiger partial charge in [0, 0.05) is 37.6 Å². The summed E-state index contributed by atoms with van der Waals surface area (Å²) in [4.78, 5) is 30.5. The number of imidazole rings is 1. The maximum Gasteiger partial charge on any atom is 0.252 e. The highest BCUT2D eigenvalue weighted by Gasteiger charge is 2.51. The Morgan fingerprint density at radius 2 is 1.90 bits per heavy atom. The lowest BCUT2D eigenvalue weighted by molar-refractivity contribution is -0.124. The largest absolute Gasteiger partial charge is 0.340 e. The average Bonchev–Trinajstić information content (AvgIpc) is 3.26. The van der Waals surface area contributed by atoms with Crippen LogP contribution >= 0.6 is 0 Å². The minimum absolute atomic E-state index is 0.0668. The number of amides is 1. The molecule has 2 aromatic heterocycles. The van der Waals surface area contributed by atoms with Gasteiger partial charge in [-0.3, -0.25) is 9.36 Å². The van der Waals surface area contributed by atoms with Crippen molar-refractivity contribution in [3.05, 3.63) is 48.4 Å². The number of carbonyl (C=O) groups excluding carboxylic acids is 1. The number of fused-ring (bicyclic) bond motifs is 3. The summed E-state index contributed by atoms with van der Waals surface area (Å²) in [6.07, 6.45) is 8.26. The summed E-state index contributed by atoms with van der Waals surface area (Å²) in [6.45, 7) is 2.77. The predicted molar refractivity (Wildman–Crippen MR) is 112 cm³/mol. The number of likely N-dealkylation sites (N-methyl/N-ethyl adjacent to an activating group) is 1. The summed E-state index contributed by atoms with van der Waals surface area (Å²) < 4.78 is 29.1. The number of hydrogen-bond acceptors (Lipinski definition) is 5. The fourth-order valence-corrected chi connectivity index (χ4v) is 4.78. The third-order valence-electron chi connectivity index (χ3n) is 6.36. The Kier molecular flexibility index (Phi) is 4.49. The molecule has 1 fully saturated rings. The molecule has 7 nitrogen and oxygen atoms in total. The molecule has 31 heavy (non-hydrogen) atoms. The number of benzene rings is 1. The van der Waals surface area contributed by atoms with E-state index >= 15 is 0 Å². The first kappa shape index (κ1) is 19.6. The van der Waals surface area contributed by atoms with Gasteiger partial charge in [-0.1, -0.05) is 6.92 Å². The van der Waals surface area contributed by atoms with Crippen LogP contribution in [0.1, 0.15) is 32.6 Å². The molecule has 1 amide bonds. The zero-order valence-corrected chi connectivity index (χ0v) is 17.3. The third-order valence-corrected chi connectivity index (χ3v) is 6.36. The molecule has 0 saturated carbocycles. The van der Waals surface area contributed by atoms with Crippen LogP contribution in [0.2, 0.25) is 0 Å². The molecule has 1 aromatic carbocycles. The minimum atomic E-state index is -0.683. The lowest BCUT2D eigenvalue weighted by Gasteiger charge is -2.51. The molecule has 0 unspecified atom stereocenters. The van der Waals surface area contributed by atoms with Crippen molar-refractivity contribution >= 4 is 17.4 Å². The topological polar surface area (TPSA) is 67.2 Å². The first-order valence-corrected chi connectivity index (χ1v) is 10.4. The number of rotatable bonds is 3. The summed E-state index contributed by atoms with van der Waals surface area (Å²) in [5.41, 5.74) is 0.338. The molecule has 0 N–H and O–H groups in total. The Morgan fingerprint density at radius 3 is 2.65 bits per heavy atom. The average molecular weight is 424 g/mol. The number of anilines is 2. The maximum absolute atomic E-state index is 13.8. The predicted octanol–water partition coefficient (Wildman–Crippen LogP) is 3.72. The van der Waals surface area contributed by atoms with E-state index in [1.807, 2.05) is 6.92 Å². The maximum atomic E-state index is 13.8. The van der Waals surface area contributed by atoms with E-state index in [4.69, 9.17) is 4.98 Å². The van der Waals surface area contributed by atoms with E-state index in [2.05, 4.69) is 14.9 Å². The smallest absolute Gasteiger partial charge is 0.252 e. The Balaban J connectivity index is 1.64. The van der Waals surface area contributed by atoms with E-state index in [0.717, 1.165) is 31.9 Å². The van der Waals surface area contributed by atoms with Gasteiger partial charge in [0.1, 0.15) is 28.7 Å². The number of halogens is 2. The van der Waals surface area contributed by atoms with E-state index in [-0.39, 0.29) is 11.5 Å². The fourth-order valence-electron chi connectivity index (χ4n) is 4.78. The van der Waals surface area contributed by atoms with Crippen LogP contribution in [0.3, 0.4) is 0 Å². The van der Waals surface area contributed by atoms with E-state index < -0.39 is 17.2 Å². The summed E-state index contributed by atoms with van der Waals surface area (Å²) in [7, 11) is 1.76. The molecule has 3 aromatic rings. The van der Waals surface area contributed by atoms with Crippen LogP contribution < -0.4 is 9.80 Å². The van der Waals surface area contributed by atoms with Crippen molar-refractivity contribution in [2.75, 3.05) is 23.4 Å². The van der Waals surface area contributed by atoms with Crippen molar-refractivity contribution in [1.82, 2.24) is 19.5 Å². The molecule has 4 heterocycles. The normalized spacial score (nSPS) is 20.6. The van der Waals surface area contributed by atoms with Crippen LogP contribution in [-0.2, 0) is 4.79 Å². The van der Waals surface area contributed by atoms with Crippen molar-refractivity contribution in [3.63, 3.8) is 0 Å². The first-order valence-electron chi connectivity index (χ1n) is 10.4. The summed E-state index contributed by atoms with van der Waals surface area (Å²) in [5, 5.41) is 0. The molecule has 9 heteroatoms. The van der Waals surface area contributed by atoms with Gasteiger partial charge in [-0.2, -0.15) is 4.98 Å². The lowest BCUT2D eigenvalue weighted by Crippen LogP contribution is -2.64. The Hall–Kier alpha value is -3.36. The number of hydrogen-bond donors (Lipinski definition) is 0. The standard InChI is InChI=1S/C22H22F2N6O/c1-3-22-6-4-5-8-30(22)19-17(28(2)20(22)31)13-26-21(27-19)29-9-7-25-18(29)14-10-15(23)12-16(24)11-14/h7,9-13H,3-6,8H2,1-2H3/t22-/m1/s1. The van der Waals surface area contributed by atoms with Crippen LogP contribution in [-0.4, -0.2) is 44.6 Å². The number of carbonyl (C=O) groups is 1. The molecule has 1 saturated heterocycles. The van der Waals surface area contributed by atoms with Crippen molar-refractivity contribution in [1.29, 1.82) is 0 Å². The molecule has 2 aliphatic heterocycles. The molecule has 1 atom stereocenters. The highest BCUT2D eigenvalue weighted by molar-refractivity contribution is 6.07. The Labute approximate surface area is 178 Å². The van der Waals surface area contributed by atoms with Crippen molar-refractivity contribution in [3.8, 4) is 17.3 Å². The van der Waals surface area contributed by atoms with Crippen LogP contribution in [0.5, 0.6) is 0 Å². The zero-order chi connectivity index (χ0) is 21.8. The molecular formula is C22H22F2N6O. The lowest BCUT2D eigenvalue weighted by atomic mass is 9.81. The fraction of sp³-hybridized carbons (Fsp3) is 0.364. The molecule has 0 radical (unpaired) electrons. The monoisotopic (exact) mass is 424 g/mol. The summed E-state index contributed by atoms with van der Waals surface area (Å²) >= 11 is 0. The van der Waals surface area contributed by atoms with Gasteiger partial charge in [-0.15, -0.1) is 0 Å². The van der Waals surface area contributed by atoms with Gasteiger partial charge in [-0.25, -0.2) is 18.7 Å². The van der Waals surface area contributed by atoms with Gasteiger partial charge in [0.2, 0.25) is 5.95 Å². The van der Waals surface area contributed by atoms with Crippen LogP contribution in [0, 0.1) is 11.6 Å². The number of piperidine rings is 1. The second-order valence-electron chi connectivity index (χ2n) is 8.02. The summed E-state index contributed by atoms with van der Waals surface area (Å²) in [6, 6.07) is 3.26. The van der Waals surface area contributed by atoms with E-state index in [1.54, 1.807) is 28.9 Å². The SMILES string of the molecule is CC[C@]12CCCCN1c1nc(-n3ccnc3-c3cc(F)cc(F)c3)ncc1N(C)C2=O. The highest BCUT2D eigenvalue weighted by atomic mass is 19.1. The van der Waals surface area contributed by atoms with Crippen LogP contribution in [0.4, 0.5) is 20.3 Å². The molecule has 2 aliphatic rings. The van der Waals surface area contributed by atoms with Crippen molar-refractivity contribution < 1.29 is 13.6 Å². The zero-order valence-electron chi connectivity index (χ0n) is 17.3. The van der Waals surface area contributed by atoms with Gasteiger partial charge in [0.15, 0.2) is 5.82 Å². The van der Waals surface area contributed by atoms with E-state index in [1.165, 1.54) is 18.3 Å². The molecule has 160 valence electrons. The second kappa shape index (κ2) is 7.11. The Bertz CT molecular complexity index is 1160. The summed E-state index contributed by atoms with van der Waals surface area (Å²) in [5.74, 6) is 0.0539. The number of nitrogens with zero attached hydrogens (tertiary/aromatic N) is 6. The number of aromatic nitrogens is 4.